The van der Waals surface area contributed by atoms with Crippen molar-refractivity contribution in [2.24, 2.45) is 0 Å². The van der Waals surface area contributed by atoms with Gasteiger partial charge in [-0.05, 0) is 33.2 Å². The van der Waals surface area contributed by atoms with E-state index in [0.29, 0.717) is 13.2 Å². The highest BCUT2D eigenvalue weighted by molar-refractivity contribution is 5.95. The van der Waals surface area contributed by atoms with Crippen LogP contribution in [0.5, 0.6) is 0 Å². The van der Waals surface area contributed by atoms with Gasteiger partial charge in [0.05, 0.1) is 25.8 Å². The fraction of sp³-hybridized carbons (Fsp3) is 0.857. The molecule has 2 rings (SSSR count). The second-order valence-corrected chi connectivity index (χ2v) is 5.82. The van der Waals surface area contributed by atoms with Crippen molar-refractivity contribution in [1.29, 1.82) is 0 Å². The van der Waals surface area contributed by atoms with Gasteiger partial charge in [-0.15, -0.1) is 0 Å². The third-order valence-corrected chi connectivity index (χ3v) is 3.65. The number of nitrogens with zero attached hydrogens (tertiary/aromatic N) is 1. The number of likely N-dealkylation sites (tertiary alicyclic amines) is 1. The van der Waals surface area contributed by atoms with Crippen LogP contribution >= 0.6 is 0 Å². The molecule has 0 aliphatic carbocycles. The zero-order valence-corrected chi connectivity index (χ0v) is 12.8. The maximum atomic E-state index is 12.0. The maximum absolute atomic E-state index is 12.0. The second kappa shape index (κ2) is 7.72. The van der Waals surface area contributed by atoms with Gasteiger partial charge in [0.2, 0.25) is 5.91 Å². The third kappa shape index (κ3) is 4.94. The van der Waals surface area contributed by atoms with E-state index in [2.05, 4.69) is 15.5 Å². The minimum absolute atomic E-state index is 0.000763. The van der Waals surface area contributed by atoms with Crippen LogP contribution in [0.25, 0.3) is 0 Å². The molecule has 2 heterocycles. The summed E-state index contributed by atoms with van der Waals surface area (Å²) >= 11 is 0. The van der Waals surface area contributed by atoms with E-state index in [4.69, 9.17) is 9.47 Å². The van der Waals surface area contributed by atoms with Crippen molar-refractivity contribution in [3.63, 3.8) is 0 Å². The molecule has 0 saturated carbocycles. The smallest absolute Gasteiger partial charge is 0.321 e. The minimum Gasteiger partial charge on any atom is -0.349 e. The van der Waals surface area contributed by atoms with Gasteiger partial charge < -0.3 is 14.8 Å². The number of urea groups is 1. The van der Waals surface area contributed by atoms with E-state index >= 15 is 0 Å². The van der Waals surface area contributed by atoms with Crippen molar-refractivity contribution in [3.05, 3.63) is 0 Å². The number of carbonyl (C=O) groups is 2. The summed E-state index contributed by atoms with van der Waals surface area (Å²) in [5.41, 5.74) is 0. The highest BCUT2D eigenvalue weighted by Gasteiger charge is 2.34. The Kier molecular flexibility index (Phi) is 5.96. The molecule has 120 valence electrons. The molecule has 2 fully saturated rings. The van der Waals surface area contributed by atoms with Gasteiger partial charge >= 0.3 is 6.03 Å². The molecule has 0 aromatic heterocycles. The molecule has 0 bridgehead atoms. The van der Waals surface area contributed by atoms with Crippen LogP contribution in [-0.2, 0) is 14.3 Å². The number of hydrogen-bond donors (Lipinski definition) is 2. The average molecular weight is 299 g/mol. The minimum atomic E-state index is -0.447. The first-order valence-corrected chi connectivity index (χ1v) is 7.64. The standard InChI is InChI=1S/C14H25N3O4/c1-10(2)15-14(19)16-12(18)9-17-6-4-3-5-11(17)13-20-7-8-21-13/h10-11,13H,3-9H2,1-2H3,(H2,15,16,18,19). The van der Waals surface area contributed by atoms with Crippen molar-refractivity contribution >= 4 is 11.9 Å². The Morgan fingerprint density at radius 1 is 1.24 bits per heavy atom. The van der Waals surface area contributed by atoms with Crippen molar-refractivity contribution in [2.75, 3.05) is 26.3 Å². The Bertz CT molecular complexity index is 369. The first-order valence-electron chi connectivity index (χ1n) is 7.64. The lowest BCUT2D eigenvalue weighted by atomic mass is 10.0. The summed E-state index contributed by atoms with van der Waals surface area (Å²) in [6.07, 6.45) is 2.87. The highest BCUT2D eigenvalue weighted by Crippen LogP contribution is 2.23. The number of nitrogens with one attached hydrogen (secondary N) is 2. The Hall–Kier alpha value is -1.18. The van der Waals surface area contributed by atoms with Crippen molar-refractivity contribution in [3.8, 4) is 0 Å². The third-order valence-electron chi connectivity index (χ3n) is 3.65. The molecule has 7 heteroatoms. The van der Waals surface area contributed by atoms with E-state index in [0.717, 1.165) is 25.8 Å². The largest absolute Gasteiger partial charge is 0.349 e. The lowest BCUT2D eigenvalue weighted by Gasteiger charge is -2.37. The molecule has 0 radical (unpaired) electrons. The summed E-state index contributed by atoms with van der Waals surface area (Å²) in [5, 5.41) is 5.00. The van der Waals surface area contributed by atoms with Gasteiger partial charge in [0.25, 0.3) is 0 Å². The monoisotopic (exact) mass is 299 g/mol. The van der Waals surface area contributed by atoms with E-state index in [9.17, 15) is 9.59 Å². The summed E-state index contributed by atoms with van der Waals surface area (Å²) in [4.78, 5) is 25.6. The molecule has 2 aliphatic rings. The molecule has 0 spiro atoms. The van der Waals surface area contributed by atoms with Gasteiger partial charge in [0.15, 0.2) is 6.29 Å². The molecule has 0 aromatic rings. The first-order chi connectivity index (χ1) is 10.1. The van der Waals surface area contributed by atoms with E-state index in [1.165, 1.54) is 0 Å². The number of imide groups is 1. The molecule has 3 amide bonds. The number of rotatable bonds is 4. The molecule has 2 saturated heterocycles. The zero-order valence-electron chi connectivity index (χ0n) is 12.8. The fourth-order valence-corrected chi connectivity index (χ4v) is 2.77. The molecule has 1 unspecified atom stereocenters. The summed E-state index contributed by atoms with van der Waals surface area (Å²) in [7, 11) is 0. The Morgan fingerprint density at radius 3 is 2.62 bits per heavy atom. The lowest BCUT2D eigenvalue weighted by molar-refractivity contribution is -0.130. The SMILES string of the molecule is CC(C)NC(=O)NC(=O)CN1CCCCC1C1OCCO1. The summed E-state index contributed by atoms with van der Waals surface area (Å²) in [6, 6.07) is -0.349. The van der Waals surface area contributed by atoms with Gasteiger partial charge in [0.1, 0.15) is 0 Å². The van der Waals surface area contributed by atoms with Crippen molar-refractivity contribution in [1.82, 2.24) is 15.5 Å². The van der Waals surface area contributed by atoms with E-state index < -0.39 is 6.03 Å². The molecule has 21 heavy (non-hydrogen) atoms. The molecule has 2 N–H and O–H groups in total. The number of ether oxygens (including phenoxy) is 2. The van der Waals surface area contributed by atoms with Gasteiger partial charge in [0, 0.05) is 6.04 Å². The molecule has 1 atom stereocenters. The topological polar surface area (TPSA) is 79.9 Å². The molecule has 0 aromatic carbocycles. The van der Waals surface area contributed by atoms with Crippen LogP contribution in [0.1, 0.15) is 33.1 Å². The maximum Gasteiger partial charge on any atom is 0.321 e. The summed E-state index contributed by atoms with van der Waals surface area (Å²) in [5.74, 6) is -0.293. The number of carbonyl (C=O) groups excluding carboxylic acids is 2. The Balaban J connectivity index is 1.83. The van der Waals surface area contributed by atoms with E-state index in [-0.39, 0.29) is 30.8 Å². The number of hydrogen-bond acceptors (Lipinski definition) is 5. The predicted molar refractivity (Wildman–Crippen MR) is 76.7 cm³/mol. The Morgan fingerprint density at radius 2 is 1.95 bits per heavy atom. The predicted octanol–water partition coefficient (Wildman–Crippen LogP) is 0.448. The molecular formula is C14H25N3O4. The van der Waals surface area contributed by atoms with Crippen LogP contribution in [0.15, 0.2) is 0 Å². The summed E-state index contributed by atoms with van der Waals surface area (Å²) < 4.78 is 11.1. The van der Waals surface area contributed by atoms with Crippen LogP contribution in [0, 0.1) is 0 Å². The van der Waals surface area contributed by atoms with Crippen LogP contribution < -0.4 is 10.6 Å². The zero-order chi connectivity index (χ0) is 15.2. The number of amides is 3. The first kappa shape index (κ1) is 16.2. The lowest BCUT2D eigenvalue weighted by Crippen LogP contribution is -2.52. The van der Waals surface area contributed by atoms with Crippen LogP contribution in [0.2, 0.25) is 0 Å². The van der Waals surface area contributed by atoms with Gasteiger partial charge in [-0.25, -0.2) is 4.79 Å². The summed E-state index contributed by atoms with van der Waals surface area (Å²) in [6.45, 7) is 5.93. The highest BCUT2D eigenvalue weighted by atomic mass is 16.7. The normalized spacial score (nSPS) is 24.2. The fourth-order valence-electron chi connectivity index (χ4n) is 2.77. The van der Waals surface area contributed by atoms with Crippen molar-refractivity contribution < 1.29 is 19.1 Å². The van der Waals surface area contributed by atoms with Gasteiger partial charge in [-0.2, -0.15) is 0 Å². The molecule has 7 nitrogen and oxygen atoms in total. The average Bonchev–Trinajstić information content (AvgIpc) is 2.91. The van der Waals surface area contributed by atoms with Crippen LogP contribution in [-0.4, -0.2) is 61.5 Å². The van der Waals surface area contributed by atoms with E-state index in [1.807, 2.05) is 13.8 Å². The Labute approximate surface area is 125 Å². The second-order valence-electron chi connectivity index (χ2n) is 5.82. The van der Waals surface area contributed by atoms with E-state index in [1.54, 1.807) is 0 Å². The van der Waals surface area contributed by atoms with Gasteiger partial charge in [-0.3, -0.25) is 15.0 Å². The van der Waals surface area contributed by atoms with Crippen LogP contribution in [0.4, 0.5) is 4.79 Å². The number of piperidine rings is 1. The van der Waals surface area contributed by atoms with Gasteiger partial charge in [-0.1, -0.05) is 6.42 Å². The quantitative estimate of drug-likeness (QED) is 0.788. The molecule has 2 aliphatic heterocycles. The van der Waals surface area contributed by atoms with Crippen molar-refractivity contribution in [2.45, 2.75) is 51.5 Å². The van der Waals surface area contributed by atoms with Crippen LogP contribution in [0.3, 0.4) is 0 Å². The molecular weight excluding hydrogens is 274 g/mol.